The topological polar surface area (TPSA) is 54.0 Å². The summed E-state index contributed by atoms with van der Waals surface area (Å²) >= 11 is 5.95. The van der Waals surface area contributed by atoms with Gasteiger partial charge in [-0.2, -0.15) is 9.97 Å². The molecule has 0 saturated carbocycles. The van der Waals surface area contributed by atoms with Gasteiger partial charge in [-0.05, 0) is 24.6 Å². The number of anilines is 1. The molecule has 0 radical (unpaired) electrons. The molecule has 2 aromatic rings. The first-order valence-electron chi connectivity index (χ1n) is 5.61. The molecule has 1 aliphatic heterocycles. The van der Waals surface area contributed by atoms with Crippen molar-refractivity contribution in [3.8, 4) is 0 Å². The SMILES string of the molecule is C[C@@H]1COCCN1c1nc(Cl)nc2[nH]ccc12. The van der Waals surface area contributed by atoms with Crippen LogP contribution in [0.2, 0.25) is 5.28 Å². The largest absolute Gasteiger partial charge is 0.377 e. The van der Waals surface area contributed by atoms with Crippen LogP contribution in [0.25, 0.3) is 11.0 Å². The minimum Gasteiger partial charge on any atom is -0.377 e. The van der Waals surface area contributed by atoms with Gasteiger partial charge in [-0.25, -0.2) is 0 Å². The van der Waals surface area contributed by atoms with E-state index < -0.39 is 0 Å². The Labute approximate surface area is 104 Å². The molecule has 0 amide bonds. The maximum absolute atomic E-state index is 5.95. The van der Waals surface area contributed by atoms with E-state index in [0.29, 0.717) is 12.6 Å². The van der Waals surface area contributed by atoms with Crippen LogP contribution in [0.5, 0.6) is 0 Å². The van der Waals surface area contributed by atoms with E-state index >= 15 is 0 Å². The number of rotatable bonds is 1. The van der Waals surface area contributed by atoms with E-state index in [1.807, 2.05) is 12.3 Å². The summed E-state index contributed by atoms with van der Waals surface area (Å²) in [7, 11) is 0. The van der Waals surface area contributed by atoms with Crippen molar-refractivity contribution in [2.24, 2.45) is 0 Å². The Bertz CT molecular complexity index is 541. The van der Waals surface area contributed by atoms with E-state index in [-0.39, 0.29) is 5.28 Å². The Morgan fingerprint density at radius 1 is 1.53 bits per heavy atom. The number of morpholine rings is 1. The van der Waals surface area contributed by atoms with Gasteiger partial charge in [-0.1, -0.05) is 0 Å². The molecule has 1 fully saturated rings. The molecule has 0 spiro atoms. The van der Waals surface area contributed by atoms with Crippen molar-refractivity contribution in [2.45, 2.75) is 13.0 Å². The van der Waals surface area contributed by atoms with Gasteiger partial charge in [0.15, 0.2) is 0 Å². The lowest BCUT2D eigenvalue weighted by Crippen LogP contribution is -2.44. The number of aromatic nitrogens is 3. The predicted octanol–water partition coefficient (Wildman–Crippen LogP) is 1.84. The van der Waals surface area contributed by atoms with E-state index in [2.05, 4.69) is 26.8 Å². The van der Waals surface area contributed by atoms with Crippen LogP contribution in [0.15, 0.2) is 12.3 Å². The zero-order valence-electron chi connectivity index (χ0n) is 9.48. The third kappa shape index (κ3) is 1.85. The molecule has 3 rings (SSSR count). The molecule has 1 saturated heterocycles. The number of nitrogens with one attached hydrogen (secondary N) is 1. The first kappa shape index (κ1) is 10.8. The summed E-state index contributed by atoms with van der Waals surface area (Å²) in [5.74, 6) is 0.886. The van der Waals surface area contributed by atoms with Gasteiger partial charge in [0, 0.05) is 12.7 Å². The molecule has 6 heteroatoms. The fourth-order valence-electron chi connectivity index (χ4n) is 2.16. The van der Waals surface area contributed by atoms with E-state index in [0.717, 1.165) is 30.0 Å². The normalized spacial score (nSPS) is 21.1. The van der Waals surface area contributed by atoms with Crippen LogP contribution in [-0.4, -0.2) is 40.8 Å². The van der Waals surface area contributed by atoms with Gasteiger partial charge < -0.3 is 14.6 Å². The number of nitrogens with zero attached hydrogens (tertiary/aromatic N) is 3. The van der Waals surface area contributed by atoms with Crippen molar-refractivity contribution in [3.05, 3.63) is 17.5 Å². The number of halogens is 1. The highest BCUT2D eigenvalue weighted by Gasteiger charge is 2.23. The van der Waals surface area contributed by atoms with Crippen molar-refractivity contribution in [3.63, 3.8) is 0 Å². The molecule has 17 heavy (non-hydrogen) atoms. The Balaban J connectivity index is 2.11. The first-order valence-corrected chi connectivity index (χ1v) is 5.98. The third-order valence-corrected chi connectivity index (χ3v) is 3.18. The average Bonchev–Trinajstić information content (AvgIpc) is 2.76. The maximum Gasteiger partial charge on any atom is 0.226 e. The van der Waals surface area contributed by atoms with Gasteiger partial charge in [0.2, 0.25) is 5.28 Å². The molecule has 3 heterocycles. The lowest BCUT2D eigenvalue weighted by molar-refractivity contribution is 0.0987. The fraction of sp³-hybridized carbons (Fsp3) is 0.455. The summed E-state index contributed by atoms with van der Waals surface area (Å²) < 4.78 is 5.43. The van der Waals surface area contributed by atoms with Gasteiger partial charge in [0.25, 0.3) is 0 Å². The van der Waals surface area contributed by atoms with E-state index in [1.54, 1.807) is 0 Å². The number of fused-ring (bicyclic) bond motifs is 1. The third-order valence-electron chi connectivity index (χ3n) is 3.01. The quantitative estimate of drug-likeness (QED) is 0.787. The van der Waals surface area contributed by atoms with Crippen molar-refractivity contribution in [1.82, 2.24) is 15.0 Å². The average molecular weight is 253 g/mol. The lowest BCUT2D eigenvalue weighted by Gasteiger charge is -2.34. The smallest absolute Gasteiger partial charge is 0.226 e. The molecular weight excluding hydrogens is 240 g/mol. The minimum absolute atomic E-state index is 0.272. The molecule has 0 aromatic carbocycles. The van der Waals surface area contributed by atoms with Crippen LogP contribution in [-0.2, 0) is 4.74 Å². The van der Waals surface area contributed by atoms with Crippen molar-refractivity contribution < 1.29 is 4.74 Å². The van der Waals surface area contributed by atoms with Crippen molar-refractivity contribution in [1.29, 1.82) is 0 Å². The zero-order valence-corrected chi connectivity index (χ0v) is 10.2. The van der Waals surface area contributed by atoms with E-state index in [9.17, 15) is 0 Å². The summed E-state index contributed by atoms with van der Waals surface area (Å²) in [4.78, 5) is 13.8. The molecule has 1 aliphatic rings. The summed E-state index contributed by atoms with van der Waals surface area (Å²) in [6, 6.07) is 2.27. The molecule has 1 N–H and O–H groups in total. The highest BCUT2D eigenvalue weighted by Crippen LogP contribution is 2.27. The van der Waals surface area contributed by atoms with Gasteiger partial charge >= 0.3 is 0 Å². The van der Waals surface area contributed by atoms with E-state index in [1.165, 1.54) is 0 Å². The standard InChI is InChI=1S/C11H13ClN4O/c1-7-6-17-5-4-16(7)10-8-2-3-13-9(8)14-11(12)15-10/h2-3,7H,4-6H2,1H3,(H,13,14,15)/t7-/m1/s1. The molecule has 90 valence electrons. The summed E-state index contributed by atoms with van der Waals surface area (Å²) in [6.07, 6.45) is 1.85. The van der Waals surface area contributed by atoms with Crippen LogP contribution in [0.1, 0.15) is 6.92 Å². The van der Waals surface area contributed by atoms with E-state index in [4.69, 9.17) is 16.3 Å². The molecule has 5 nitrogen and oxygen atoms in total. The Kier molecular flexibility index (Phi) is 2.64. The minimum atomic E-state index is 0.272. The molecule has 1 atom stereocenters. The zero-order chi connectivity index (χ0) is 11.8. The molecule has 0 aliphatic carbocycles. The number of H-pyrrole nitrogens is 1. The molecular formula is C11H13ClN4O. The number of hydrogen-bond acceptors (Lipinski definition) is 4. The summed E-state index contributed by atoms with van der Waals surface area (Å²) in [6.45, 7) is 4.38. The van der Waals surface area contributed by atoms with Crippen LogP contribution < -0.4 is 4.90 Å². The second kappa shape index (κ2) is 4.16. The monoisotopic (exact) mass is 252 g/mol. The number of aromatic amines is 1. The molecule has 0 bridgehead atoms. The number of ether oxygens (including phenoxy) is 1. The maximum atomic E-state index is 5.95. The van der Waals surface area contributed by atoms with Gasteiger partial charge in [-0.15, -0.1) is 0 Å². The van der Waals surface area contributed by atoms with Gasteiger partial charge in [-0.3, -0.25) is 0 Å². The lowest BCUT2D eigenvalue weighted by atomic mass is 10.2. The van der Waals surface area contributed by atoms with Gasteiger partial charge in [0.05, 0.1) is 24.6 Å². The van der Waals surface area contributed by atoms with Crippen LogP contribution in [0, 0.1) is 0 Å². The molecule has 2 aromatic heterocycles. The van der Waals surface area contributed by atoms with Crippen LogP contribution in [0.4, 0.5) is 5.82 Å². The molecule has 0 unspecified atom stereocenters. The highest BCUT2D eigenvalue weighted by molar-refractivity contribution is 6.28. The Morgan fingerprint density at radius 3 is 3.24 bits per heavy atom. The number of hydrogen-bond donors (Lipinski definition) is 1. The second-order valence-corrected chi connectivity index (χ2v) is 4.51. The van der Waals surface area contributed by atoms with Crippen molar-refractivity contribution >= 4 is 28.5 Å². The first-order chi connectivity index (χ1) is 8.25. The van der Waals surface area contributed by atoms with Gasteiger partial charge in [0.1, 0.15) is 11.5 Å². The summed E-state index contributed by atoms with van der Waals surface area (Å²) in [5.41, 5.74) is 0.777. The Hall–Kier alpha value is -1.33. The predicted molar refractivity (Wildman–Crippen MR) is 66.5 cm³/mol. The second-order valence-electron chi connectivity index (χ2n) is 4.17. The highest BCUT2D eigenvalue weighted by atomic mass is 35.5. The summed E-state index contributed by atoms with van der Waals surface area (Å²) in [5, 5.41) is 1.27. The Morgan fingerprint density at radius 2 is 2.41 bits per heavy atom. The van der Waals surface area contributed by atoms with Crippen molar-refractivity contribution in [2.75, 3.05) is 24.7 Å². The van der Waals surface area contributed by atoms with Crippen LogP contribution in [0.3, 0.4) is 0 Å². The fourth-order valence-corrected chi connectivity index (χ4v) is 2.32. The van der Waals surface area contributed by atoms with Crippen LogP contribution >= 0.6 is 11.6 Å².